The molecule has 2 aromatic carbocycles. The number of imide groups is 1. The highest BCUT2D eigenvalue weighted by molar-refractivity contribution is 6.53. The summed E-state index contributed by atoms with van der Waals surface area (Å²) in [7, 11) is 2.89. The van der Waals surface area contributed by atoms with Gasteiger partial charge in [-0.3, -0.25) is 9.59 Å². The van der Waals surface area contributed by atoms with Crippen LogP contribution in [0.3, 0.4) is 0 Å². The summed E-state index contributed by atoms with van der Waals surface area (Å²) in [6.45, 7) is 1.80. The number of rotatable bonds is 5. The van der Waals surface area contributed by atoms with Crippen molar-refractivity contribution in [1.82, 2.24) is 0 Å². The number of nitrogens with one attached hydrogen (secondary N) is 1. The van der Waals surface area contributed by atoms with E-state index in [1.54, 1.807) is 31.2 Å². The Morgan fingerprint density at radius 3 is 2.25 bits per heavy atom. The summed E-state index contributed by atoms with van der Waals surface area (Å²) in [5, 5.41) is 3.46. The Labute approximate surface area is 176 Å². The maximum Gasteiger partial charge on any atom is 0.283 e. The van der Waals surface area contributed by atoms with E-state index in [1.807, 2.05) is 0 Å². The van der Waals surface area contributed by atoms with Gasteiger partial charge >= 0.3 is 0 Å². The van der Waals surface area contributed by atoms with E-state index in [-0.39, 0.29) is 16.4 Å². The van der Waals surface area contributed by atoms with Crippen LogP contribution < -0.4 is 19.7 Å². The molecule has 0 unspecified atom stereocenters. The predicted octanol–water partition coefficient (Wildman–Crippen LogP) is 4.75. The minimum Gasteiger partial charge on any atom is -0.495 e. The van der Waals surface area contributed by atoms with Crippen molar-refractivity contribution in [2.24, 2.45) is 0 Å². The van der Waals surface area contributed by atoms with Gasteiger partial charge in [-0.1, -0.05) is 34.8 Å². The van der Waals surface area contributed by atoms with Gasteiger partial charge in [0.05, 0.1) is 25.6 Å². The highest BCUT2D eigenvalue weighted by atomic mass is 35.5. The Kier molecular flexibility index (Phi) is 5.74. The molecule has 0 saturated heterocycles. The Bertz CT molecular complexity index is 1020. The molecule has 9 heteroatoms. The van der Waals surface area contributed by atoms with Gasteiger partial charge in [0.25, 0.3) is 11.8 Å². The van der Waals surface area contributed by atoms with Gasteiger partial charge < -0.3 is 14.8 Å². The molecule has 6 nitrogen and oxygen atoms in total. The third-order valence-electron chi connectivity index (χ3n) is 4.15. The smallest absolute Gasteiger partial charge is 0.283 e. The molecule has 3 rings (SSSR count). The van der Waals surface area contributed by atoms with E-state index in [0.717, 1.165) is 10.5 Å². The van der Waals surface area contributed by atoms with E-state index >= 15 is 0 Å². The highest BCUT2D eigenvalue weighted by Gasteiger charge is 2.40. The first-order valence-electron chi connectivity index (χ1n) is 8.01. The van der Waals surface area contributed by atoms with Crippen LogP contribution in [0.4, 0.5) is 11.4 Å². The first-order valence-corrected chi connectivity index (χ1v) is 9.15. The monoisotopic (exact) mass is 440 g/mol. The lowest BCUT2D eigenvalue weighted by molar-refractivity contribution is -0.120. The molecule has 1 N–H and O–H groups in total. The SMILES string of the molecule is COc1cc(Cl)c(C)cc1NC1=C(Cl)C(=O)N(c2cc(Cl)ccc2OC)C1=O. The molecule has 0 aliphatic carbocycles. The van der Waals surface area contributed by atoms with Crippen LogP contribution in [0.5, 0.6) is 11.5 Å². The molecule has 2 aromatic rings. The summed E-state index contributed by atoms with van der Waals surface area (Å²) in [5.41, 5.74) is 1.30. The zero-order valence-electron chi connectivity index (χ0n) is 15.1. The minimum absolute atomic E-state index is 0.0892. The van der Waals surface area contributed by atoms with E-state index in [0.29, 0.717) is 27.2 Å². The summed E-state index contributed by atoms with van der Waals surface area (Å²) < 4.78 is 10.5. The van der Waals surface area contributed by atoms with Crippen LogP contribution in [0.15, 0.2) is 41.1 Å². The largest absolute Gasteiger partial charge is 0.495 e. The second kappa shape index (κ2) is 7.91. The van der Waals surface area contributed by atoms with Gasteiger partial charge in [0.2, 0.25) is 0 Å². The number of aryl methyl sites for hydroxylation is 1. The predicted molar refractivity (Wildman–Crippen MR) is 110 cm³/mol. The van der Waals surface area contributed by atoms with Gasteiger partial charge in [-0.2, -0.15) is 0 Å². The first-order chi connectivity index (χ1) is 13.3. The van der Waals surface area contributed by atoms with Crippen molar-refractivity contribution in [3.8, 4) is 11.5 Å². The maximum absolute atomic E-state index is 13.0. The number of benzene rings is 2. The van der Waals surface area contributed by atoms with Crippen molar-refractivity contribution in [1.29, 1.82) is 0 Å². The van der Waals surface area contributed by atoms with Crippen LogP contribution in [-0.4, -0.2) is 26.0 Å². The number of ether oxygens (including phenoxy) is 2. The Morgan fingerprint density at radius 2 is 1.61 bits per heavy atom. The molecule has 146 valence electrons. The van der Waals surface area contributed by atoms with Crippen molar-refractivity contribution < 1.29 is 19.1 Å². The summed E-state index contributed by atoms with van der Waals surface area (Å²) in [5.74, 6) is -0.645. The fourth-order valence-electron chi connectivity index (χ4n) is 2.73. The van der Waals surface area contributed by atoms with Crippen molar-refractivity contribution in [2.75, 3.05) is 24.4 Å². The molecule has 0 radical (unpaired) electrons. The second-order valence-corrected chi connectivity index (χ2v) is 7.10. The molecule has 0 spiro atoms. The summed E-state index contributed by atoms with van der Waals surface area (Å²) in [4.78, 5) is 26.6. The van der Waals surface area contributed by atoms with E-state index in [1.165, 1.54) is 20.3 Å². The Morgan fingerprint density at radius 1 is 0.929 bits per heavy atom. The zero-order chi connectivity index (χ0) is 20.6. The number of hydrogen-bond donors (Lipinski definition) is 1. The lowest BCUT2D eigenvalue weighted by Crippen LogP contribution is -2.32. The van der Waals surface area contributed by atoms with E-state index < -0.39 is 11.8 Å². The molecule has 0 aromatic heterocycles. The average Bonchev–Trinajstić information content (AvgIpc) is 2.87. The minimum atomic E-state index is -0.695. The quantitative estimate of drug-likeness (QED) is 0.678. The average molecular weight is 442 g/mol. The summed E-state index contributed by atoms with van der Waals surface area (Å²) in [6, 6.07) is 7.90. The topological polar surface area (TPSA) is 67.9 Å². The van der Waals surface area contributed by atoms with E-state index in [4.69, 9.17) is 44.3 Å². The number of halogens is 3. The molecule has 0 atom stereocenters. The van der Waals surface area contributed by atoms with E-state index in [2.05, 4.69) is 5.32 Å². The lowest BCUT2D eigenvalue weighted by atomic mass is 10.2. The van der Waals surface area contributed by atoms with Gasteiger partial charge in [-0.05, 0) is 36.8 Å². The van der Waals surface area contributed by atoms with Gasteiger partial charge in [-0.25, -0.2) is 4.90 Å². The van der Waals surface area contributed by atoms with Gasteiger partial charge in [0.15, 0.2) is 0 Å². The molecule has 28 heavy (non-hydrogen) atoms. The number of amides is 2. The molecule has 0 bridgehead atoms. The van der Waals surface area contributed by atoms with Gasteiger partial charge in [0.1, 0.15) is 22.2 Å². The van der Waals surface area contributed by atoms with Crippen molar-refractivity contribution >= 4 is 58.0 Å². The van der Waals surface area contributed by atoms with Crippen LogP contribution in [0.1, 0.15) is 5.56 Å². The van der Waals surface area contributed by atoms with Crippen LogP contribution in [0.2, 0.25) is 10.0 Å². The third kappa shape index (κ3) is 3.51. The fourth-order valence-corrected chi connectivity index (χ4v) is 3.27. The van der Waals surface area contributed by atoms with E-state index in [9.17, 15) is 9.59 Å². The Balaban J connectivity index is 2.02. The molecule has 0 saturated carbocycles. The van der Waals surface area contributed by atoms with Gasteiger partial charge in [-0.15, -0.1) is 0 Å². The number of hydrogen-bond acceptors (Lipinski definition) is 5. The number of carbonyl (C=O) groups excluding carboxylic acids is 2. The standard InChI is InChI=1S/C19H15Cl3N2O4/c1-9-6-12(15(28-3)8-11(9)21)23-17-16(22)18(25)24(19(17)26)13-7-10(20)4-5-14(13)27-2/h4-8,23H,1-3H3. The summed E-state index contributed by atoms with van der Waals surface area (Å²) >= 11 is 18.3. The van der Waals surface area contributed by atoms with Crippen molar-refractivity contribution in [3.63, 3.8) is 0 Å². The molecule has 1 aliphatic rings. The van der Waals surface area contributed by atoms with Crippen LogP contribution in [0.25, 0.3) is 0 Å². The van der Waals surface area contributed by atoms with Crippen LogP contribution in [-0.2, 0) is 9.59 Å². The third-order valence-corrected chi connectivity index (χ3v) is 5.14. The normalized spacial score (nSPS) is 14.0. The molecular formula is C19H15Cl3N2O4. The summed E-state index contributed by atoms with van der Waals surface area (Å²) in [6.07, 6.45) is 0. The highest BCUT2D eigenvalue weighted by Crippen LogP contribution is 2.39. The molecule has 1 aliphatic heterocycles. The first kappa shape index (κ1) is 20.3. The molecule has 0 fully saturated rings. The zero-order valence-corrected chi connectivity index (χ0v) is 17.4. The van der Waals surface area contributed by atoms with Crippen LogP contribution >= 0.6 is 34.8 Å². The fraction of sp³-hybridized carbons (Fsp3) is 0.158. The Hall–Kier alpha value is -2.41. The maximum atomic E-state index is 13.0. The van der Waals surface area contributed by atoms with Gasteiger partial charge in [0, 0.05) is 16.1 Å². The molecular weight excluding hydrogens is 427 g/mol. The number of anilines is 2. The molecule has 1 heterocycles. The van der Waals surface area contributed by atoms with Crippen molar-refractivity contribution in [3.05, 3.63) is 56.7 Å². The second-order valence-electron chi connectivity index (χ2n) is 5.88. The van der Waals surface area contributed by atoms with Crippen LogP contribution in [0, 0.1) is 6.92 Å². The lowest BCUT2D eigenvalue weighted by Gasteiger charge is -2.19. The molecule has 2 amide bonds. The number of carbonyl (C=O) groups is 2. The number of nitrogens with zero attached hydrogens (tertiary/aromatic N) is 1. The number of methoxy groups -OCH3 is 2. The van der Waals surface area contributed by atoms with Crippen molar-refractivity contribution in [2.45, 2.75) is 6.92 Å².